The van der Waals surface area contributed by atoms with E-state index in [9.17, 15) is 13.2 Å². The number of halogens is 4. The van der Waals surface area contributed by atoms with Gasteiger partial charge >= 0.3 is 6.18 Å². The minimum Gasteiger partial charge on any atom is -0.166 e. The van der Waals surface area contributed by atoms with E-state index in [0.29, 0.717) is 16.1 Å². The van der Waals surface area contributed by atoms with Crippen LogP contribution in [0.4, 0.5) is 13.2 Å². The number of aryl methyl sites for hydroxylation is 2. The Balaban J connectivity index is 2.63. The molecule has 106 valence electrons. The highest BCUT2D eigenvalue weighted by Crippen LogP contribution is 2.36. The molecule has 0 radical (unpaired) electrons. The zero-order valence-corrected chi connectivity index (χ0v) is 11.9. The normalized spacial score (nSPS) is 11.7. The van der Waals surface area contributed by atoms with Crippen LogP contribution in [0.5, 0.6) is 0 Å². The van der Waals surface area contributed by atoms with Crippen LogP contribution in [0.25, 0.3) is 11.1 Å². The van der Waals surface area contributed by atoms with Crippen LogP contribution in [0, 0.1) is 6.92 Å². The Morgan fingerprint density at radius 3 is 2.30 bits per heavy atom. The third-order valence-electron chi connectivity index (χ3n) is 3.29. The van der Waals surface area contributed by atoms with Crippen molar-refractivity contribution in [2.45, 2.75) is 26.4 Å². The van der Waals surface area contributed by atoms with Crippen molar-refractivity contribution in [2.75, 3.05) is 0 Å². The molecule has 0 atom stereocenters. The number of alkyl halides is 3. The molecule has 0 aliphatic rings. The molecule has 0 fully saturated rings. The Hall–Kier alpha value is -1.48. The number of benzene rings is 2. The molecular weight excluding hydrogens is 285 g/mol. The van der Waals surface area contributed by atoms with E-state index in [1.807, 2.05) is 19.1 Å². The van der Waals surface area contributed by atoms with Crippen LogP contribution in [0.15, 0.2) is 36.4 Å². The molecule has 2 rings (SSSR count). The van der Waals surface area contributed by atoms with Crippen molar-refractivity contribution >= 4 is 11.6 Å². The lowest BCUT2D eigenvalue weighted by Gasteiger charge is -2.13. The second-order valence-electron chi connectivity index (χ2n) is 4.70. The zero-order chi connectivity index (χ0) is 14.9. The molecule has 4 heteroatoms. The van der Waals surface area contributed by atoms with Crippen molar-refractivity contribution in [1.29, 1.82) is 0 Å². The molecule has 0 aliphatic heterocycles. The van der Waals surface area contributed by atoms with E-state index < -0.39 is 11.7 Å². The Bertz CT molecular complexity index is 630. The van der Waals surface area contributed by atoms with Gasteiger partial charge in [0.05, 0.1) is 5.56 Å². The maximum absolute atomic E-state index is 12.8. The fraction of sp³-hybridized carbons (Fsp3) is 0.250. The Morgan fingerprint density at radius 1 is 1.00 bits per heavy atom. The second-order valence-corrected chi connectivity index (χ2v) is 5.10. The van der Waals surface area contributed by atoms with Gasteiger partial charge in [-0.15, -0.1) is 0 Å². The average molecular weight is 299 g/mol. The predicted octanol–water partition coefficient (Wildman–Crippen LogP) is 5.90. The summed E-state index contributed by atoms with van der Waals surface area (Å²) in [4.78, 5) is 0. The first-order chi connectivity index (χ1) is 9.32. The first-order valence-corrected chi connectivity index (χ1v) is 6.67. The Kier molecular flexibility index (Phi) is 4.09. The largest absolute Gasteiger partial charge is 0.416 e. The summed E-state index contributed by atoms with van der Waals surface area (Å²) in [6.45, 7) is 3.77. The van der Waals surface area contributed by atoms with Gasteiger partial charge in [0, 0.05) is 10.6 Å². The smallest absolute Gasteiger partial charge is 0.166 e. The van der Waals surface area contributed by atoms with E-state index in [-0.39, 0.29) is 0 Å². The summed E-state index contributed by atoms with van der Waals surface area (Å²) in [5, 5.41) is 0.463. The molecule has 0 aromatic heterocycles. The predicted molar refractivity (Wildman–Crippen MR) is 76.0 cm³/mol. The van der Waals surface area contributed by atoms with E-state index in [1.54, 1.807) is 13.0 Å². The van der Waals surface area contributed by atoms with E-state index in [4.69, 9.17) is 11.6 Å². The van der Waals surface area contributed by atoms with Gasteiger partial charge in [-0.25, -0.2) is 0 Å². The summed E-state index contributed by atoms with van der Waals surface area (Å²) in [6.07, 6.45) is -3.54. The summed E-state index contributed by atoms with van der Waals surface area (Å²) in [5.41, 5.74) is 2.33. The topological polar surface area (TPSA) is 0 Å². The molecule has 2 aromatic carbocycles. The molecule has 0 nitrogen and oxygen atoms in total. The molecule has 0 amide bonds. The number of hydrogen-bond donors (Lipinski definition) is 0. The Labute approximate surface area is 121 Å². The maximum Gasteiger partial charge on any atom is 0.416 e. The monoisotopic (exact) mass is 298 g/mol. The lowest BCUT2D eigenvalue weighted by Crippen LogP contribution is -2.05. The minimum atomic E-state index is -4.35. The zero-order valence-electron chi connectivity index (χ0n) is 11.2. The number of rotatable bonds is 2. The van der Waals surface area contributed by atoms with Crippen LogP contribution in [0.1, 0.15) is 23.6 Å². The van der Waals surface area contributed by atoms with Crippen LogP contribution < -0.4 is 0 Å². The van der Waals surface area contributed by atoms with Gasteiger partial charge in [0.25, 0.3) is 0 Å². The van der Waals surface area contributed by atoms with Gasteiger partial charge in [-0.1, -0.05) is 30.7 Å². The first-order valence-electron chi connectivity index (χ1n) is 6.29. The molecule has 0 saturated carbocycles. The molecule has 2 aromatic rings. The van der Waals surface area contributed by atoms with Crippen LogP contribution >= 0.6 is 11.6 Å². The van der Waals surface area contributed by atoms with Crippen molar-refractivity contribution in [1.82, 2.24) is 0 Å². The maximum atomic E-state index is 12.8. The molecule has 0 spiro atoms. The third kappa shape index (κ3) is 2.98. The molecule has 0 aliphatic carbocycles. The molecule has 0 saturated heterocycles. The lowest BCUT2D eigenvalue weighted by molar-refractivity contribution is -0.137. The van der Waals surface area contributed by atoms with Gasteiger partial charge in [-0.3, -0.25) is 0 Å². The summed E-state index contributed by atoms with van der Waals surface area (Å²) in [6, 6.07) is 9.20. The molecule has 0 unspecified atom stereocenters. The van der Waals surface area contributed by atoms with Gasteiger partial charge in [0.15, 0.2) is 0 Å². The Morgan fingerprint density at radius 2 is 1.70 bits per heavy atom. The molecule has 0 heterocycles. The molecular formula is C16H14ClF3. The van der Waals surface area contributed by atoms with Gasteiger partial charge < -0.3 is 0 Å². The highest BCUT2D eigenvalue weighted by Gasteiger charge is 2.31. The highest BCUT2D eigenvalue weighted by atomic mass is 35.5. The van der Waals surface area contributed by atoms with Gasteiger partial charge in [0.1, 0.15) is 0 Å². The average Bonchev–Trinajstić information content (AvgIpc) is 2.39. The third-order valence-corrected chi connectivity index (χ3v) is 3.62. The fourth-order valence-corrected chi connectivity index (χ4v) is 2.31. The van der Waals surface area contributed by atoms with Crippen molar-refractivity contribution in [3.63, 3.8) is 0 Å². The van der Waals surface area contributed by atoms with Gasteiger partial charge in [0.2, 0.25) is 0 Å². The second kappa shape index (κ2) is 5.49. The number of hydrogen-bond acceptors (Lipinski definition) is 0. The van der Waals surface area contributed by atoms with Crippen LogP contribution in [0.2, 0.25) is 5.02 Å². The van der Waals surface area contributed by atoms with E-state index in [1.165, 1.54) is 6.07 Å². The van der Waals surface area contributed by atoms with Crippen LogP contribution in [-0.4, -0.2) is 0 Å². The van der Waals surface area contributed by atoms with E-state index in [0.717, 1.165) is 29.7 Å². The van der Waals surface area contributed by atoms with E-state index >= 15 is 0 Å². The minimum absolute atomic E-state index is 0.463. The van der Waals surface area contributed by atoms with Crippen LogP contribution in [0.3, 0.4) is 0 Å². The van der Waals surface area contributed by atoms with Crippen molar-refractivity contribution in [3.05, 3.63) is 58.1 Å². The van der Waals surface area contributed by atoms with Crippen molar-refractivity contribution < 1.29 is 13.2 Å². The van der Waals surface area contributed by atoms with Gasteiger partial charge in [-0.2, -0.15) is 13.2 Å². The summed E-state index contributed by atoms with van der Waals surface area (Å²) in [5.74, 6) is 0. The SMILES string of the molecule is CCc1ccc(Cl)c(-c2cc(C(F)(F)F)ccc2C)c1. The molecule has 0 N–H and O–H groups in total. The summed E-state index contributed by atoms with van der Waals surface area (Å²) < 4.78 is 38.5. The molecule has 0 bridgehead atoms. The highest BCUT2D eigenvalue weighted by molar-refractivity contribution is 6.33. The van der Waals surface area contributed by atoms with Crippen molar-refractivity contribution in [3.8, 4) is 11.1 Å². The first kappa shape index (κ1) is 14.9. The summed E-state index contributed by atoms with van der Waals surface area (Å²) >= 11 is 6.15. The van der Waals surface area contributed by atoms with Gasteiger partial charge in [-0.05, 0) is 54.3 Å². The fourth-order valence-electron chi connectivity index (χ4n) is 2.09. The van der Waals surface area contributed by atoms with E-state index in [2.05, 4.69) is 0 Å². The van der Waals surface area contributed by atoms with Crippen LogP contribution in [-0.2, 0) is 12.6 Å². The molecule has 20 heavy (non-hydrogen) atoms. The lowest BCUT2D eigenvalue weighted by atomic mass is 9.96. The summed E-state index contributed by atoms with van der Waals surface area (Å²) in [7, 11) is 0. The standard InChI is InChI=1S/C16H14ClF3/c1-3-11-5-7-15(17)14(8-11)13-9-12(16(18,19)20)6-4-10(13)2/h4-9H,3H2,1-2H3. The van der Waals surface area contributed by atoms with Crippen molar-refractivity contribution in [2.24, 2.45) is 0 Å². The quantitative estimate of drug-likeness (QED) is 0.648.